The summed E-state index contributed by atoms with van der Waals surface area (Å²) in [5, 5.41) is 10.3. The highest BCUT2D eigenvalue weighted by Gasteiger charge is 1.96. The number of hydrogen-bond donors (Lipinski definition) is 1. The van der Waals surface area contributed by atoms with Gasteiger partial charge in [0, 0.05) is 12.8 Å². The van der Waals surface area contributed by atoms with Gasteiger partial charge < -0.3 is 5.32 Å². The molecule has 10 heavy (non-hydrogen) atoms. The maximum Gasteiger partial charge on any atom is 0.121 e. The Kier molecular flexibility index (Phi) is 4.54. The molecule has 0 radical (unpaired) electrons. The Labute approximate surface area is 62.2 Å². The second-order valence-electron chi connectivity index (χ2n) is 2.28. The number of rotatable bonds is 3. The molecule has 0 aliphatic carbocycles. The zero-order chi connectivity index (χ0) is 7.98. The molecule has 0 aromatic heterocycles. The van der Waals surface area contributed by atoms with Crippen molar-refractivity contribution in [1.29, 1.82) is 0 Å². The first-order valence-electron chi connectivity index (χ1n) is 3.47. The molecule has 0 rings (SSSR count). The first-order valence-corrected chi connectivity index (χ1v) is 3.47. The van der Waals surface area contributed by atoms with E-state index in [9.17, 15) is 0 Å². The minimum Gasteiger partial charge on any atom is -0.370 e. The third-order valence-electron chi connectivity index (χ3n) is 1.29. The van der Waals surface area contributed by atoms with Crippen LogP contribution in [0.5, 0.6) is 0 Å². The third-order valence-corrected chi connectivity index (χ3v) is 1.29. The van der Waals surface area contributed by atoms with Crippen LogP contribution in [0.4, 0.5) is 0 Å². The molecule has 0 aromatic carbocycles. The summed E-state index contributed by atoms with van der Waals surface area (Å²) in [6.45, 7) is 9.35. The van der Waals surface area contributed by atoms with E-state index < -0.39 is 0 Å². The molecule has 1 atom stereocenters. The van der Waals surface area contributed by atoms with Crippen molar-refractivity contribution in [3.63, 3.8) is 0 Å². The largest absolute Gasteiger partial charge is 0.370 e. The molecule has 3 heteroatoms. The smallest absolute Gasteiger partial charge is 0.121 e. The van der Waals surface area contributed by atoms with Crippen LogP contribution in [0.3, 0.4) is 0 Å². The second kappa shape index (κ2) is 4.97. The number of nitrogens with one attached hydrogen (secondary N) is 1. The monoisotopic (exact) mass is 141 g/mol. The molecule has 0 heterocycles. The van der Waals surface area contributed by atoms with Crippen molar-refractivity contribution < 1.29 is 0 Å². The van der Waals surface area contributed by atoms with Crippen LogP contribution in [0, 0.1) is 0 Å². The Hall–Kier alpha value is -0.860. The molecule has 0 aliphatic rings. The highest BCUT2D eigenvalue weighted by molar-refractivity contribution is 5.79. The molecule has 3 nitrogen and oxygen atoms in total. The number of amidine groups is 1. The number of hydrogen-bond acceptors (Lipinski definition) is 2. The average molecular weight is 141 g/mol. The highest BCUT2D eigenvalue weighted by Crippen LogP contribution is 1.87. The first-order chi connectivity index (χ1) is 4.70. The summed E-state index contributed by atoms with van der Waals surface area (Å²) >= 11 is 0. The van der Waals surface area contributed by atoms with E-state index in [0.29, 0.717) is 6.04 Å². The predicted molar refractivity (Wildman–Crippen MR) is 45.5 cm³/mol. The molecule has 0 fully saturated rings. The Morgan fingerprint density at radius 2 is 2.30 bits per heavy atom. The van der Waals surface area contributed by atoms with Gasteiger partial charge in [-0.1, -0.05) is 6.92 Å². The van der Waals surface area contributed by atoms with Crippen molar-refractivity contribution in [1.82, 2.24) is 5.32 Å². The lowest BCUT2D eigenvalue weighted by Crippen LogP contribution is -2.29. The van der Waals surface area contributed by atoms with Crippen molar-refractivity contribution in [3.05, 3.63) is 0 Å². The standard InChI is InChI=1S/C7H15N3/c1-5-6(2)9-7(3)10-8-4/h6H,4-5H2,1-3H3,(H,9,10). The van der Waals surface area contributed by atoms with Gasteiger partial charge in [0.2, 0.25) is 0 Å². The molecule has 0 aromatic rings. The van der Waals surface area contributed by atoms with Crippen molar-refractivity contribution in [2.24, 2.45) is 10.2 Å². The van der Waals surface area contributed by atoms with Crippen LogP contribution in [0.1, 0.15) is 27.2 Å². The van der Waals surface area contributed by atoms with Crippen LogP contribution in [0.25, 0.3) is 0 Å². The van der Waals surface area contributed by atoms with E-state index >= 15 is 0 Å². The van der Waals surface area contributed by atoms with Gasteiger partial charge in [0.1, 0.15) is 5.84 Å². The predicted octanol–water partition coefficient (Wildman–Crippen LogP) is 1.41. The lowest BCUT2D eigenvalue weighted by atomic mass is 10.3. The fraction of sp³-hybridized carbons (Fsp3) is 0.714. The van der Waals surface area contributed by atoms with Crippen LogP contribution < -0.4 is 5.32 Å². The highest BCUT2D eigenvalue weighted by atomic mass is 15.2. The fourth-order valence-corrected chi connectivity index (χ4v) is 0.594. The van der Waals surface area contributed by atoms with Crippen LogP contribution in [-0.2, 0) is 0 Å². The summed E-state index contributed by atoms with van der Waals surface area (Å²) in [4.78, 5) is 0. The Morgan fingerprint density at radius 1 is 1.70 bits per heavy atom. The van der Waals surface area contributed by atoms with E-state index in [-0.39, 0.29) is 0 Å². The topological polar surface area (TPSA) is 36.8 Å². The molecule has 0 spiro atoms. The van der Waals surface area contributed by atoms with Gasteiger partial charge in [-0.25, -0.2) is 0 Å². The summed E-state index contributed by atoms with van der Waals surface area (Å²) in [5.41, 5.74) is 0. The quantitative estimate of drug-likeness (QED) is 0.360. The van der Waals surface area contributed by atoms with E-state index in [1.807, 2.05) is 6.92 Å². The summed E-state index contributed by atoms with van der Waals surface area (Å²) in [7, 11) is 0. The van der Waals surface area contributed by atoms with Gasteiger partial charge in [-0.05, 0) is 20.3 Å². The molecular weight excluding hydrogens is 126 g/mol. The molecule has 0 bridgehead atoms. The molecule has 0 amide bonds. The van der Waals surface area contributed by atoms with Crippen molar-refractivity contribution >= 4 is 12.6 Å². The Morgan fingerprint density at radius 3 is 2.70 bits per heavy atom. The van der Waals surface area contributed by atoms with Crippen LogP contribution >= 0.6 is 0 Å². The van der Waals surface area contributed by atoms with E-state index in [1.54, 1.807) is 0 Å². The van der Waals surface area contributed by atoms with Crippen molar-refractivity contribution in [3.8, 4) is 0 Å². The van der Waals surface area contributed by atoms with Gasteiger partial charge >= 0.3 is 0 Å². The molecule has 1 unspecified atom stereocenters. The maximum atomic E-state index is 3.73. The van der Waals surface area contributed by atoms with Crippen LogP contribution in [0.2, 0.25) is 0 Å². The Bertz CT molecular complexity index is 129. The molecule has 0 saturated carbocycles. The SMILES string of the molecule is C=N/N=C(/C)NC(C)CC. The van der Waals surface area contributed by atoms with Gasteiger partial charge in [0.05, 0.1) is 0 Å². The minimum absolute atomic E-state index is 0.463. The maximum absolute atomic E-state index is 3.73. The van der Waals surface area contributed by atoms with E-state index in [4.69, 9.17) is 0 Å². The first kappa shape index (κ1) is 9.14. The van der Waals surface area contributed by atoms with E-state index in [2.05, 4.69) is 36.1 Å². The van der Waals surface area contributed by atoms with Gasteiger partial charge in [-0.2, -0.15) is 5.10 Å². The summed E-state index contributed by atoms with van der Waals surface area (Å²) in [5.74, 6) is 0.823. The summed E-state index contributed by atoms with van der Waals surface area (Å²) in [6, 6.07) is 0.463. The molecular formula is C7H15N3. The normalized spacial score (nSPS) is 14.5. The van der Waals surface area contributed by atoms with Gasteiger partial charge in [0.25, 0.3) is 0 Å². The second-order valence-corrected chi connectivity index (χ2v) is 2.28. The molecule has 0 saturated heterocycles. The lowest BCUT2D eigenvalue weighted by Gasteiger charge is -2.10. The summed E-state index contributed by atoms with van der Waals surface area (Å²) in [6.07, 6.45) is 1.09. The number of nitrogens with zero attached hydrogens (tertiary/aromatic N) is 2. The van der Waals surface area contributed by atoms with E-state index in [0.717, 1.165) is 12.3 Å². The van der Waals surface area contributed by atoms with Gasteiger partial charge in [-0.15, -0.1) is 5.10 Å². The zero-order valence-electron chi connectivity index (χ0n) is 6.89. The van der Waals surface area contributed by atoms with E-state index in [1.165, 1.54) is 0 Å². The lowest BCUT2D eigenvalue weighted by molar-refractivity contribution is 0.639. The van der Waals surface area contributed by atoms with Crippen molar-refractivity contribution in [2.45, 2.75) is 33.2 Å². The minimum atomic E-state index is 0.463. The third kappa shape index (κ3) is 4.06. The molecule has 0 aliphatic heterocycles. The van der Waals surface area contributed by atoms with Crippen molar-refractivity contribution in [2.75, 3.05) is 0 Å². The molecule has 1 N–H and O–H groups in total. The Balaban J connectivity index is 3.66. The van der Waals surface area contributed by atoms with Crippen LogP contribution in [0.15, 0.2) is 10.2 Å². The average Bonchev–Trinajstić information content (AvgIpc) is 1.88. The summed E-state index contributed by atoms with van der Waals surface area (Å²) < 4.78 is 0. The zero-order valence-corrected chi connectivity index (χ0v) is 6.89. The van der Waals surface area contributed by atoms with Gasteiger partial charge in [-0.3, -0.25) is 0 Å². The molecule has 58 valence electrons. The fourth-order valence-electron chi connectivity index (χ4n) is 0.594. The van der Waals surface area contributed by atoms with Crippen LogP contribution in [-0.4, -0.2) is 18.6 Å². The van der Waals surface area contributed by atoms with Gasteiger partial charge in [0.15, 0.2) is 0 Å².